The Labute approximate surface area is 114 Å². The first-order valence-electron chi connectivity index (χ1n) is 6.78. The molecule has 0 amide bonds. The van der Waals surface area contributed by atoms with Crippen LogP contribution in [0.5, 0.6) is 0 Å². The van der Waals surface area contributed by atoms with E-state index in [1.165, 1.54) is 0 Å². The minimum Gasteiger partial charge on any atom is -0.466 e. The van der Waals surface area contributed by atoms with E-state index >= 15 is 0 Å². The molecule has 0 spiro atoms. The summed E-state index contributed by atoms with van der Waals surface area (Å²) in [6.45, 7) is 7.91. The summed E-state index contributed by atoms with van der Waals surface area (Å²) in [6, 6.07) is 0. The molecule has 1 fully saturated rings. The van der Waals surface area contributed by atoms with Crippen molar-refractivity contribution >= 4 is 11.8 Å². The standard InChI is InChI=1S/C14H21N3O2/c1-4-19-13(18)14(11(2)3)5-8-17(10-14)12-9-15-6-7-16-12/h6-7,9,11H,4-5,8,10H2,1-3H3. The molecule has 5 nitrogen and oxygen atoms in total. The Morgan fingerprint density at radius 3 is 2.89 bits per heavy atom. The molecule has 1 aromatic rings. The highest BCUT2D eigenvalue weighted by atomic mass is 16.5. The number of hydrogen-bond donors (Lipinski definition) is 0. The van der Waals surface area contributed by atoms with Crippen molar-refractivity contribution in [3.63, 3.8) is 0 Å². The van der Waals surface area contributed by atoms with Crippen LogP contribution in [0.2, 0.25) is 0 Å². The zero-order valence-corrected chi connectivity index (χ0v) is 11.8. The predicted molar refractivity (Wildman–Crippen MR) is 72.8 cm³/mol. The van der Waals surface area contributed by atoms with E-state index < -0.39 is 5.41 Å². The highest BCUT2D eigenvalue weighted by Gasteiger charge is 2.48. The van der Waals surface area contributed by atoms with E-state index in [-0.39, 0.29) is 11.9 Å². The number of rotatable bonds is 4. The van der Waals surface area contributed by atoms with E-state index in [1.807, 2.05) is 6.92 Å². The third kappa shape index (κ3) is 2.55. The molecule has 0 radical (unpaired) electrons. The van der Waals surface area contributed by atoms with Crippen LogP contribution in [-0.4, -0.2) is 35.6 Å². The Morgan fingerprint density at radius 1 is 1.53 bits per heavy atom. The summed E-state index contributed by atoms with van der Waals surface area (Å²) in [5, 5.41) is 0. The van der Waals surface area contributed by atoms with Crippen molar-refractivity contribution in [2.45, 2.75) is 27.2 Å². The summed E-state index contributed by atoms with van der Waals surface area (Å²) in [5.74, 6) is 0.985. The summed E-state index contributed by atoms with van der Waals surface area (Å²) < 4.78 is 5.27. The summed E-state index contributed by atoms with van der Waals surface area (Å²) in [4.78, 5) is 22.8. The minimum atomic E-state index is -0.423. The van der Waals surface area contributed by atoms with Crippen molar-refractivity contribution in [2.24, 2.45) is 11.3 Å². The second kappa shape index (κ2) is 5.55. The molecular formula is C14H21N3O2. The molecule has 2 rings (SSSR count). The lowest BCUT2D eigenvalue weighted by Crippen LogP contribution is -2.40. The number of carbonyl (C=O) groups excluding carboxylic acids is 1. The normalized spacial score (nSPS) is 22.8. The Kier molecular flexibility index (Phi) is 4.02. The number of nitrogens with zero attached hydrogens (tertiary/aromatic N) is 3. The lowest BCUT2D eigenvalue weighted by Gasteiger charge is -2.30. The van der Waals surface area contributed by atoms with Crippen molar-refractivity contribution in [2.75, 3.05) is 24.6 Å². The van der Waals surface area contributed by atoms with Crippen LogP contribution >= 0.6 is 0 Å². The molecule has 0 N–H and O–H groups in total. The molecule has 19 heavy (non-hydrogen) atoms. The zero-order chi connectivity index (χ0) is 13.9. The Bertz CT molecular complexity index is 436. The van der Waals surface area contributed by atoms with Crippen LogP contribution in [0.25, 0.3) is 0 Å². The Balaban J connectivity index is 2.19. The van der Waals surface area contributed by atoms with Gasteiger partial charge in [-0.3, -0.25) is 9.78 Å². The fourth-order valence-electron chi connectivity index (χ4n) is 2.63. The van der Waals surface area contributed by atoms with Crippen molar-refractivity contribution in [1.82, 2.24) is 9.97 Å². The molecule has 0 aliphatic carbocycles. The van der Waals surface area contributed by atoms with Gasteiger partial charge in [-0.25, -0.2) is 4.98 Å². The second-order valence-corrected chi connectivity index (χ2v) is 5.27. The van der Waals surface area contributed by atoms with Crippen molar-refractivity contribution in [3.8, 4) is 0 Å². The van der Waals surface area contributed by atoms with Gasteiger partial charge in [-0.1, -0.05) is 13.8 Å². The topological polar surface area (TPSA) is 55.3 Å². The molecule has 1 unspecified atom stereocenters. The summed E-state index contributed by atoms with van der Waals surface area (Å²) >= 11 is 0. The molecular weight excluding hydrogens is 242 g/mol. The first-order valence-corrected chi connectivity index (χ1v) is 6.78. The molecule has 104 valence electrons. The maximum absolute atomic E-state index is 12.3. The SMILES string of the molecule is CCOC(=O)C1(C(C)C)CCN(c2cnccn2)C1. The van der Waals surface area contributed by atoms with Gasteiger partial charge in [0.1, 0.15) is 5.82 Å². The largest absolute Gasteiger partial charge is 0.466 e. The van der Waals surface area contributed by atoms with Gasteiger partial charge >= 0.3 is 5.97 Å². The summed E-state index contributed by atoms with van der Waals surface area (Å²) in [7, 11) is 0. The van der Waals surface area contributed by atoms with Gasteiger partial charge in [0, 0.05) is 25.5 Å². The van der Waals surface area contributed by atoms with Crippen LogP contribution in [0.1, 0.15) is 27.2 Å². The average molecular weight is 263 g/mol. The molecule has 2 heterocycles. The van der Waals surface area contributed by atoms with Gasteiger partial charge in [0.15, 0.2) is 0 Å². The molecule has 1 aliphatic rings. The van der Waals surface area contributed by atoms with Crippen LogP contribution < -0.4 is 4.90 Å². The quantitative estimate of drug-likeness (QED) is 0.776. The predicted octanol–water partition coefficient (Wildman–Crippen LogP) is 1.89. The van der Waals surface area contributed by atoms with Crippen LogP contribution in [0.3, 0.4) is 0 Å². The highest BCUT2D eigenvalue weighted by molar-refractivity contribution is 5.79. The summed E-state index contributed by atoms with van der Waals surface area (Å²) in [5.41, 5.74) is -0.423. The van der Waals surface area contributed by atoms with E-state index in [0.29, 0.717) is 13.2 Å². The van der Waals surface area contributed by atoms with Crippen molar-refractivity contribution in [3.05, 3.63) is 18.6 Å². The molecule has 0 aromatic carbocycles. The average Bonchev–Trinajstić information content (AvgIpc) is 2.86. The molecule has 1 atom stereocenters. The number of hydrogen-bond acceptors (Lipinski definition) is 5. The number of carbonyl (C=O) groups is 1. The Hall–Kier alpha value is -1.65. The molecule has 0 bridgehead atoms. The van der Waals surface area contributed by atoms with Crippen molar-refractivity contribution in [1.29, 1.82) is 0 Å². The van der Waals surface area contributed by atoms with Crippen LogP contribution in [0, 0.1) is 11.3 Å². The third-order valence-electron chi connectivity index (χ3n) is 3.96. The van der Waals surface area contributed by atoms with E-state index in [9.17, 15) is 4.79 Å². The maximum atomic E-state index is 12.3. The summed E-state index contributed by atoms with van der Waals surface area (Å²) in [6.07, 6.45) is 5.87. The third-order valence-corrected chi connectivity index (χ3v) is 3.96. The zero-order valence-electron chi connectivity index (χ0n) is 11.8. The first-order chi connectivity index (χ1) is 9.10. The molecule has 1 saturated heterocycles. The lowest BCUT2D eigenvalue weighted by atomic mass is 9.76. The smallest absolute Gasteiger partial charge is 0.314 e. The van der Waals surface area contributed by atoms with E-state index in [1.54, 1.807) is 18.6 Å². The van der Waals surface area contributed by atoms with Gasteiger partial charge in [0.2, 0.25) is 0 Å². The van der Waals surface area contributed by atoms with Crippen LogP contribution in [-0.2, 0) is 9.53 Å². The maximum Gasteiger partial charge on any atom is 0.314 e. The lowest BCUT2D eigenvalue weighted by molar-refractivity contribution is -0.156. The fraction of sp³-hybridized carbons (Fsp3) is 0.643. The molecule has 1 aliphatic heterocycles. The van der Waals surface area contributed by atoms with Gasteiger partial charge < -0.3 is 9.64 Å². The van der Waals surface area contributed by atoms with E-state index in [2.05, 4.69) is 28.7 Å². The van der Waals surface area contributed by atoms with Gasteiger partial charge in [-0.2, -0.15) is 0 Å². The van der Waals surface area contributed by atoms with Crippen molar-refractivity contribution < 1.29 is 9.53 Å². The fourth-order valence-corrected chi connectivity index (χ4v) is 2.63. The van der Waals surface area contributed by atoms with Gasteiger partial charge in [-0.05, 0) is 19.3 Å². The van der Waals surface area contributed by atoms with Gasteiger partial charge in [0.25, 0.3) is 0 Å². The van der Waals surface area contributed by atoms with E-state index in [0.717, 1.165) is 18.8 Å². The minimum absolute atomic E-state index is 0.0867. The number of aromatic nitrogens is 2. The van der Waals surface area contributed by atoms with Gasteiger partial charge in [-0.15, -0.1) is 0 Å². The van der Waals surface area contributed by atoms with E-state index in [4.69, 9.17) is 4.74 Å². The number of esters is 1. The van der Waals surface area contributed by atoms with Crippen LogP contribution in [0.15, 0.2) is 18.6 Å². The van der Waals surface area contributed by atoms with Crippen LogP contribution in [0.4, 0.5) is 5.82 Å². The Morgan fingerprint density at radius 2 is 2.32 bits per heavy atom. The van der Waals surface area contributed by atoms with Gasteiger partial charge in [0.05, 0.1) is 18.2 Å². The first kappa shape index (κ1) is 13.8. The molecule has 0 saturated carbocycles. The highest BCUT2D eigenvalue weighted by Crippen LogP contribution is 2.40. The number of ether oxygens (including phenoxy) is 1. The monoisotopic (exact) mass is 263 g/mol. The molecule has 1 aromatic heterocycles. The molecule has 5 heteroatoms. The second-order valence-electron chi connectivity index (χ2n) is 5.27. The number of anilines is 1.